The van der Waals surface area contributed by atoms with Crippen molar-refractivity contribution in [2.45, 2.75) is 52.6 Å². The minimum absolute atomic E-state index is 0.213. The van der Waals surface area contributed by atoms with E-state index in [1.165, 1.54) is 27.5 Å². The van der Waals surface area contributed by atoms with Crippen LogP contribution in [0.3, 0.4) is 0 Å². The number of fused-ring (bicyclic) bond motifs is 1. The molecule has 0 saturated carbocycles. The number of allylic oxidation sites excluding steroid dienone is 1. The fraction of sp³-hybridized carbons (Fsp3) is 0.346. The molecule has 0 saturated heterocycles. The summed E-state index contributed by atoms with van der Waals surface area (Å²) in [6.45, 7) is 18.2. The Morgan fingerprint density at radius 2 is 1.61 bits per heavy atom. The van der Waals surface area contributed by atoms with Gasteiger partial charge in [0.2, 0.25) is 0 Å². The number of rotatable bonds is 3. The number of halogens is 2. The molecule has 0 N–H and O–H groups in total. The first-order valence-electron chi connectivity index (χ1n) is 10.1. The topological polar surface area (TPSA) is 0 Å². The van der Waals surface area contributed by atoms with Crippen molar-refractivity contribution in [3.63, 3.8) is 0 Å². The molecule has 0 aliphatic carbocycles. The monoisotopic (exact) mass is 566 g/mol. The summed E-state index contributed by atoms with van der Waals surface area (Å²) >= 11 is 3.13. The average Bonchev–Trinajstić information content (AvgIpc) is 3.18. The molecule has 0 bridgehead atoms. The van der Waals surface area contributed by atoms with Crippen LogP contribution in [0.1, 0.15) is 39.7 Å². The van der Waals surface area contributed by atoms with E-state index in [-0.39, 0.29) is 5.41 Å². The van der Waals surface area contributed by atoms with E-state index in [0.29, 0.717) is 0 Å². The van der Waals surface area contributed by atoms with Gasteiger partial charge in [0.1, 0.15) is 0 Å². The molecule has 0 heterocycles. The molecule has 0 unspecified atom stereocenters. The summed E-state index contributed by atoms with van der Waals surface area (Å²) in [5.41, 5.74) is 5.17. The number of hydrogen-bond donors (Lipinski definition) is 1. The minimum atomic E-state index is -0.826. The van der Waals surface area contributed by atoms with Crippen molar-refractivity contribution in [3.8, 4) is 11.1 Å². The van der Waals surface area contributed by atoms with E-state index < -0.39 is 20.8 Å². The Bertz CT molecular complexity index is 865. The molecule has 3 rings (SSSR count). The zero-order valence-electron chi connectivity index (χ0n) is 19.5. The first-order chi connectivity index (χ1) is 14.7. The predicted octanol–water partition coefficient (Wildman–Crippen LogP) is 9.37. The predicted molar refractivity (Wildman–Crippen MR) is 145 cm³/mol. The molecule has 0 atom stereocenters. The van der Waals surface area contributed by atoms with E-state index in [0.717, 1.165) is 27.3 Å². The molecule has 0 aromatic heterocycles. The van der Waals surface area contributed by atoms with Crippen molar-refractivity contribution < 1.29 is 20.8 Å². The number of hydrogen-bond acceptors (Lipinski definition) is 1. The van der Waals surface area contributed by atoms with Crippen molar-refractivity contribution in [2.75, 3.05) is 5.75 Å². The molecule has 0 amide bonds. The average molecular weight is 569 g/mol. The van der Waals surface area contributed by atoms with Gasteiger partial charge in [0, 0.05) is 9.52 Å². The van der Waals surface area contributed by atoms with E-state index >= 15 is 0 Å². The Morgan fingerprint density at radius 1 is 1.06 bits per heavy atom. The molecule has 2 radical (unpaired) electrons. The SMILES string of the molecule is CC(C)(C)c1ccc(-c2cccc3[cH-]ccc23)cc1.C[Si]C.[CH-]=C(C)CCS.[Cl][Zr+2][Cl]. The van der Waals surface area contributed by atoms with Gasteiger partial charge in [0.05, 0.1) is 0 Å². The van der Waals surface area contributed by atoms with Crippen LogP contribution in [-0.2, 0) is 26.3 Å². The van der Waals surface area contributed by atoms with Gasteiger partial charge in [-0.05, 0) is 22.3 Å². The third-order valence-electron chi connectivity index (χ3n) is 4.25. The summed E-state index contributed by atoms with van der Waals surface area (Å²) in [7, 11) is 11.0. The van der Waals surface area contributed by atoms with Gasteiger partial charge < -0.3 is 6.58 Å². The molecule has 0 aliphatic heterocycles. The van der Waals surface area contributed by atoms with Gasteiger partial charge in [-0.2, -0.15) is 24.8 Å². The zero-order valence-corrected chi connectivity index (χ0v) is 25.3. The summed E-state index contributed by atoms with van der Waals surface area (Å²) in [4.78, 5) is 0. The Labute approximate surface area is 217 Å². The van der Waals surface area contributed by atoms with Crippen LogP contribution < -0.4 is 0 Å². The van der Waals surface area contributed by atoms with Crippen LogP contribution in [0.25, 0.3) is 21.9 Å². The van der Waals surface area contributed by atoms with Crippen LogP contribution in [0.5, 0.6) is 0 Å². The van der Waals surface area contributed by atoms with Gasteiger partial charge in [-0.1, -0.05) is 83.1 Å². The second kappa shape index (κ2) is 17.3. The Balaban J connectivity index is 0.000000628. The second-order valence-electron chi connectivity index (χ2n) is 8.05. The van der Waals surface area contributed by atoms with Crippen LogP contribution in [0.15, 0.2) is 66.2 Å². The first kappa shape index (κ1) is 30.8. The second-order valence-corrected chi connectivity index (χ2v) is 13.2. The van der Waals surface area contributed by atoms with Crippen molar-refractivity contribution in [1.29, 1.82) is 0 Å². The quantitative estimate of drug-likeness (QED) is 0.182. The van der Waals surface area contributed by atoms with Crippen LogP contribution in [0.2, 0.25) is 13.1 Å². The summed E-state index contributed by atoms with van der Waals surface area (Å²) in [5.74, 6) is 0.863. The molecular formula is C26H34Cl2SSiZr. The van der Waals surface area contributed by atoms with Crippen LogP contribution in [-0.4, -0.2) is 15.3 Å². The normalized spacial score (nSPS) is 9.84. The molecule has 5 heteroatoms. The van der Waals surface area contributed by atoms with E-state index in [1.54, 1.807) is 0 Å². The molecule has 3 aromatic carbocycles. The van der Waals surface area contributed by atoms with Gasteiger partial charge in [0.15, 0.2) is 0 Å². The van der Waals surface area contributed by atoms with E-state index in [4.69, 9.17) is 23.6 Å². The number of benzene rings is 2. The summed E-state index contributed by atoms with van der Waals surface area (Å²) in [5, 5.41) is 2.66. The van der Waals surface area contributed by atoms with Gasteiger partial charge in [0.25, 0.3) is 0 Å². The Hall–Kier alpha value is -0.180. The fourth-order valence-corrected chi connectivity index (χ4v) is 3.09. The van der Waals surface area contributed by atoms with E-state index in [2.05, 4.69) is 107 Å². The third-order valence-corrected chi connectivity index (χ3v) is 4.47. The van der Waals surface area contributed by atoms with Crippen LogP contribution >= 0.6 is 29.7 Å². The zero-order chi connectivity index (χ0) is 23.9. The Kier molecular flexibility index (Phi) is 17.2. The van der Waals surface area contributed by atoms with Crippen molar-refractivity contribution in [3.05, 3.63) is 78.4 Å². The molecule has 31 heavy (non-hydrogen) atoms. The summed E-state index contributed by atoms with van der Waals surface area (Å²) in [6, 6.07) is 22.0. The standard InChI is InChI=1S/C19H19.C5H9S.C2H6Si.2ClH.Zr/c1-19(2,3)16-12-10-15(11-13-16)18-9-5-7-14-6-4-8-17(14)18;1-5(2)3-4-6;1-3-2;;;/h4-13H,1-3H3;1,6H,3-4H2,2H3;1-2H3;2*1H;/q2*-1;;;;+4/p-2. The van der Waals surface area contributed by atoms with Crippen molar-refractivity contribution >= 4 is 49.9 Å². The van der Waals surface area contributed by atoms with Gasteiger partial charge in [-0.15, -0.1) is 29.0 Å². The number of thiol groups is 1. The van der Waals surface area contributed by atoms with Gasteiger partial charge in [-0.3, -0.25) is 5.57 Å². The van der Waals surface area contributed by atoms with Crippen molar-refractivity contribution in [2.24, 2.45) is 0 Å². The molecule has 0 spiro atoms. The summed E-state index contributed by atoms with van der Waals surface area (Å²) < 4.78 is 0. The third kappa shape index (κ3) is 12.6. The Morgan fingerprint density at radius 3 is 2.03 bits per heavy atom. The van der Waals surface area contributed by atoms with Gasteiger partial charge >= 0.3 is 37.9 Å². The first-order valence-corrected chi connectivity index (χ1v) is 19.1. The molecule has 0 fully saturated rings. The molecule has 0 aliphatic rings. The molecule has 166 valence electrons. The fourth-order valence-electron chi connectivity index (χ4n) is 2.74. The van der Waals surface area contributed by atoms with E-state index in [1.807, 2.05) is 6.92 Å². The molecule has 0 nitrogen and oxygen atoms in total. The molecule has 3 aromatic rings. The van der Waals surface area contributed by atoms with E-state index in [9.17, 15) is 0 Å². The van der Waals surface area contributed by atoms with Crippen LogP contribution in [0.4, 0.5) is 0 Å². The molecular weight excluding hydrogens is 535 g/mol. The van der Waals surface area contributed by atoms with Crippen LogP contribution in [0, 0.1) is 6.58 Å². The maximum absolute atomic E-state index is 5.27. The maximum atomic E-state index is 5.27. The summed E-state index contributed by atoms with van der Waals surface area (Å²) in [6.07, 6.45) is 0.934. The van der Waals surface area contributed by atoms with Crippen molar-refractivity contribution in [1.82, 2.24) is 0 Å². The van der Waals surface area contributed by atoms with Gasteiger partial charge in [-0.25, -0.2) is 0 Å².